The second-order valence-corrected chi connectivity index (χ2v) is 5.05. The Hall–Kier alpha value is -2.15. The Balaban J connectivity index is 1.90. The minimum absolute atomic E-state index is 0.0220. The maximum Gasteiger partial charge on any atom is 0.243 e. The standard InChI is InChI=1S/C11H11N5OS/c12-11-15-14-10(18-11)6-16-5-9(17)13-7-3-1-2-4-8(7)16/h1-4H,5-6H2,(H2,12,15)(H,13,17). The summed E-state index contributed by atoms with van der Waals surface area (Å²) in [5.74, 6) is -0.0220. The van der Waals surface area contributed by atoms with Crippen molar-refractivity contribution >= 4 is 33.8 Å². The molecule has 6 nitrogen and oxygen atoms in total. The lowest BCUT2D eigenvalue weighted by atomic mass is 10.2. The van der Waals surface area contributed by atoms with Gasteiger partial charge in [-0.3, -0.25) is 4.79 Å². The first-order valence-corrected chi connectivity index (χ1v) is 6.26. The van der Waals surface area contributed by atoms with Crippen LogP contribution in [0.1, 0.15) is 5.01 Å². The van der Waals surface area contributed by atoms with Crippen molar-refractivity contribution in [2.24, 2.45) is 0 Å². The summed E-state index contributed by atoms with van der Waals surface area (Å²) < 4.78 is 0. The number of para-hydroxylation sites is 2. The van der Waals surface area contributed by atoms with E-state index in [9.17, 15) is 4.79 Å². The average molecular weight is 261 g/mol. The number of nitrogen functional groups attached to an aromatic ring is 1. The van der Waals surface area contributed by atoms with Crippen LogP contribution < -0.4 is 16.0 Å². The number of aromatic nitrogens is 2. The molecule has 0 saturated heterocycles. The Morgan fingerprint density at radius 3 is 3.00 bits per heavy atom. The van der Waals surface area contributed by atoms with Gasteiger partial charge >= 0.3 is 0 Å². The number of fused-ring (bicyclic) bond motifs is 1. The van der Waals surface area contributed by atoms with Gasteiger partial charge < -0.3 is 16.0 Å². The van der Waals surface area contributed by atoms with E-state index < -0.39 is 0 Å². The van der Waals surface area contributed by atoms with Crippen molar-refractivity contribution in [1.82, 2.24) is 10.2 Å². The van der Waals surface area contributed by atoms with Crippen LogP contribution in [0.25, 0.3) is 0 Å². The molecule has 1 aromatic carbocycles. The summed E-state index contributed by atoms with van der Waals surface area (Å²) in [7, 11) is 0. The van der Waals surface area contributed by atoms with Crippen LogP contribution in [0.4, 0.5) is 16.5 Å². The molecule has 2 heterocycles. The van der Waals surface area contributed by atoms with Crippen LogP contribution in [-0.4, -0.2) is 22.6 Å². The van der Waals surface area contributed by atoms with Crippen LogP contribution in [0.5, 0.6) is 0 Å². The monoisotopic (exact) mass is 261 g/mol. The van der Waals surface area contributed by atoms with Crippen LogP contribution in [0, 0.1) is 0 Å². The number of amides is 1. The Morgan fingerprint density at radius 1 is 1.39 bits per heavy atom. The molecule has 3 N–H and O–H groups in total. The summed E-state index contributed by atoms with van der Waals surface area (Å²) in [4.78, 5) is 13.6. The SMILES string of the molecule is Nc1nnc(CN2CC(=O)Nc3ccccc32)s1. The molecule has 1 aromatic heterocycles. The van der Waals surface area contributed by atoms with Crippen molar-refractivity contribution in [3.05, 3.63) is 29.3 Å². The summed E-state index contributed by atoms with van der Waals surface area (Å²) in [6.07, 6.45) is 0. The van der Waals surface area contributed by atoms with E-state index in [4.69, 9.17) is 5.73 Å². The van der Waals surface area contributed by atoms with Gasteiger partial charge in [-0.05, 0) is 12.1 Å². The van der Waals surface area contributed by atoms with Gasteiger partial charge in [-0.15, -0.1) is 10.2 Å². The first-order valence-electron chi connectivity index (χ1n) is 5.44. The number of benzene rings is 1. The lowest BCUT2D eigenvalue weighted by Gasteiger charge is -2.29. The molecule has 3 rings (SSSR count). The summed E-state index contributed by atoms with van der Waals surface area (Å²) >= 11 is 1.34. The molecular formula is C11H11N5OS. The number of nitrogens with zero attached hydrogens (tertiary/aromatic N) is 3. The lowest BCUT2D eigenvalue weighted by molar-refractivity contribution is -0.115. The van der Waals surface area contributed by atoms with E-state index in [2.05, 4.69) is 15.5 Å². The number of carbonyl (C=O) groups excluding carboxylic acids is 1. The molecule has 1 aliphatic rings. The average Bonchev–Trinajstić information content (AvgIpc) is 2.74. The van der Waals surface area contributed by atoms with Crippen LogP contribution in [0.15, 0.2) is 24.3 Å². The normalized spacial score (nSPS) is 14.2. The molecule has 0 bridgehead atoms. The molecule has 1 aliphatic heterocycles. The molecule has 0 fully saturated rings. The summed E-state index contributed by atoms with van der Waals surface area (Å²) in [6.45, 7) is 0.857. The van der Waals surface area contributed by atoms with Gasteiger partial charge in [-0.2, -0.15) is 0 Å². The third kappa shape index (κ3) is 2.00. The van der Waals surface area contributed by atoms with Crippen LogP contribution in [-0.2, 0) is 11.3 Å². The van der Waals surface area contributed by atoms with Crippen molar-refractivity contribution in [3.63, 3.8) is 0 Å². The summed E-state index contributed by atoms with van der Waals surface area (Å²) in [5, 5.41) is 11.8. The molecule has 92 valence electrons. The first kappa shape index (κ1) is 11.0. The molecule has 0 spiro atoms. The zero-order valence-corrected chi connectivity index (χ0v) is 10.3. The number of hydrogen-bond donors (Lipinski definition) is 2. The van der Waals surface area contributed by atoms with E-state index in [0.29, 0.717) is 18.2 Å². The first-order chi connectivity index (χ1) is 8.72. The van der Waals surface area contributed by atoms with Gasteiger partial charge in [-0.25, -0.2) is 0 Å². The van der Waals surface area contributed by atoms with Crippen molar-refractivity contribution in [3.8, 4) is 0 Å². The van der Waals surface area contributed by atoms with Crippen molar-refractivity contribution in [1.29, 1.82) is 0 Å². The fourth-order valence-corrected chi connectivity index (χ4v) is 2.56. The zero-order chi connectivity index (χ0) is 12.5. The highest BCUT2D eigenvalue weighted by Crippen LogP contribution is 2.30. The Bertz CT molecular complexity index is 597. The van der Waals surface area contributed by atoms with E-state index >= 15 is 0 Å². The maximum atomic E-state index is 11.6. The molecule has 0 saturated carbocycles. The number of anilines is 3. The second kappa shape index (κ2) is 4.26. The second-order valence-electron chi connectivity index (χ2n) is 3.96. The number of hydrogen-bond acceptors (Lipinski definition) is 6. The minimum atomic E-state index is -0.0220. The number of nitrogens with one attached hydrogen (secondary N) is 1. The highest BCUT2D eigenvalue weighted by atomic mass is 32.1. The molecule has 0 aliphatic carbocycles. The van der Waals surface area contributed by atoms with E-state index in [1.54, 1.807) is 0 Å². The van der Waals surface area contributed by atoms with Crippen LogP contribution >= 0.6 is 11.3 Å². The Labute approximate surface area is 107 Å². The third-order valence-electron chi connectivity index (χ3n) is 2.66. The molecule has 7 heteroatoms. The molecule has 0 unspecified atom stereocenters. The fourth-order valence-electron chi connectivity index (χ4n) is 1.94. The van der Waals surface area contributed by atoms with Crippen molar-refractivity contribution in [2.75, 3.05) is 22.5 Å². The predicted octanol–water partition coefficient (Wildman–Crippen LogP) is 1.08. The van der Waals surface area contributed by atoms with Gasteiger partial charge in [-0.1, -0.05) is 23.5 Å². The van der Waals surface area contributed by atoms with Crippen LogP contribution in [0.3, 0.4) is 0 Å². The summed E-state index contributed by atoms with van der Waals surface area (Å²) in [5.41, 5.74) is 7.37. The molecule has 0 atom stereocenters. The fraction of sp³-hybridized carbons (Fsp3) is 0.182. The topological polar surface area (TPSA) is 84.1 Å². The van der Waals surface area contributed by atoms with Gasteiger partial charge in [0.1, 0.15) is 5.01 Å². The number of carbonyl (C=O) groups is 1. The minimum Gasteiger partial charge on any atom is -0.374 e. The molecular weight excluding hydrogens is 250 g/mol. The highest BCUT2D eigenvalue weighted by molar-refractivity contribution is 7.15. The van der Waals surface area contributed by atoms with Gasteiger partial charge in [0.15, 0.2) is 0 Å². The number of nitrogens with two attached hydrogens (primary N) is 1. The zero-order valence-electron chi connectivity index (χ0n) is 9.46. The van der Waals surface area contributed by atoms with E-state index in [1.807, 2.05) is 29.2 Å². The van der Waals surface area contributed by atoms with E-state index in [0.717, 1.165) is 16.4 Å². The third-order valence-corrected chi connectivity index (χ3v) is 3.40. The van der Waals surface area contributed by atoms with E-state index in [-0.39, 0.29) is 5.91 Å². The molecule has 1 amide bonds. The summed E-state index contributed by atoms with van der Waals surface area (Å²) in [6, 6.07) is 7.69. The van der Waals surface area contributed by atoms with Gasteiger partial charge in [0.2, 0.25) is 11.0 Å². The maximum absolute atomic E-state index is 11.6. The van der Waals surface area contributed by atoms with Gasteiger partial charge in [0.05, 0.1) is 24.5 Å². The Morgan fingerprint density at radius 2 is 2.22 bits per heavy atom. The van der Waals surface area contributed by atoms with E-state index in [1.165, 1.54) is 11.3 Å². The van der Waals surface area contributed by atoms with Crippen molar-refractivity contribution < 1.29 is 4.79 Å². The van der Waals surface area contributed by atoms with Crippen LogP contribution in [0.2, 0.25) is 0 Å². The molecule has 0 radical (unpaired) electrons. The Kier molecular flexibility index (Phi) is 2.60. The largest absolute Gasteiger partial charge is 0.374 e. The smallest absolute Gasteiger partial charge is 0.243 e. The van der Waals surface area contributed by atoms with Crippen molar-refractivity contribution in [2.45, 2.75) is 6.54 Å². The number of rotatable bonds is 2. The molecule has 18 heavy (non-hydrogen) atoms. The van der Waals surface area contributed by atoms with Gasteiger partial charge in [0, 0.05) is 0 Å². The lowest BCUT2D eigenvalue weighted by Crippen LogP contribution is -2.37. The highest BCUT2D eigenvalue weighted by Gasteiger charge is 2.22. The molecule has 2 aromatic rings. The predicted molar refractivity (Wildman–Crippen MR) is 70.4 cm³/mol. The van der Waals surface area contributed by atoms with Gasteiger partial charge in [0.25, 0.3) is 0 Å². The quantitative estimate of drug-likeness (QED) is 0.845.